The summed E-state index contributed by atoms with van der Waals surface area (Å²) in [5, 5.41) is 3.98. The van der Waals surface area contributed by atoms with E-state index in [0.29, 0.717) is 31.3 Å². The zero-order valence-corrected chi connectivity index (χ0v) is 14.8. The standard InChI is InChI=1S/C20H26N2O2/c1-14-19(16(3)24-21-14)11-12-20(23)22(15(2)18-9-10-18)13-17-7-5-4-6-8-17/h4-8,15,18H,9-13H2,1-3H3. The van der Waals surface area contributed by atoms with Crippen molar-refractivity contribution in [3.63, 3.8) is 0 Å². The highest BCUT2D eigenvalue weighted by atomic mass is 16.5. The molecule has 1 aromatic heterocycles. The van der Waals surface area contributed by atoms with Crippen molar-refractivity contribution in [3.05, 3.63) is 52.9 Å². The highest BCUT2D eigenvalue weighted by Gasteiger charge is 2.34. The fourth-order valence-corrected chi connectivity index (χ4v) is 3.31. The molecule has 1 aliphatic rings. The van der Waals surface area contributed by atoms with Crippen molar-refractivity contribution in [1.82, 2.24) is 10.1 Å². The summed E-state index contributed by atoms with van der Waals surface area (Å²) in [6.07, 6.45) is 3.68. The van der Waals surface area contributed by atoms with Crippen molar-refractivity contribution in [1.29, 1.82) is 0 Å². The number of hydrogen-bond acceptors (Lipinski definition) is 3. The van der Waals surface area contributed by atoms with Gasteiger partial charge in [0.1, 0.15) is 5.76 Å². The van der Waals surface area contributed by atoms with E-state index in [4.69, 9.17) is 4.52 Å². The van der Waals surface area contributed by atoms with E-state index < -0.39 is 0 Å². The molecule has 128 valence electrons. The molecular weight excluding hydrogens is 300 g/mol. The SMILES string of the molecule is Cc1noc(C)c1CCC(=O)N(Cc1ccccc1)C(C)C1CC1. The Morgan fingerprint density at radius 2 is 2.00 bits per heavy atom. The van der Waals surface area contributed by atoms with Gasteiger partial charge >= 0.3 is 0 Å². The second-order valence-electron chi connectivity index (χ2n) is 6.89. The molecule has 1 aliphatic carbocycles. The molecule has 0 saturated heterocycles. The molecule has 1 aromatic carbocycles. The van der Waals surface area contributed by atoms with E-state index in [1.807, 2.05) is 32.0 Å². The Balaban J connectivity index is 1.68. The minimum atomic E-state index is 0.221. The van der Waals surface area contributed by atoms with E-state index in [9.17, 15) is 4.79 Å². The van der Waals surface area contributed by atoms with Crippen LogP contribution in [0.1, 0.15) is 48.8 Å². The van der Waals surface area contributed by atoms with Crippen LogP contribution in [0.5, 0.6) is 0 Å². The Morgan fingerprint density at radius 1 is 1.29 bits per heavy atom. The van der Waals surface area contributed by atoms with Crippen molar-refractivity contribution < 1.29 is 9.32 Å². The van der Waals surface area contributed by atoms with Gasteiger partial charge in [0, 0.05) is 24.6 Å². The van der Waals surface area contributed by atoms with Crippen LogP contribution in [-0.2, 0) is 17.8 Å². The number of aromatic nitrogens is 1. The normalized spacial score (nSPS) is 15.3. The van der Waals surface area contributed by atoms with E-state index in [2.05, 4.69) is 29.1 Å². The molecule has 1 atom stereocenters. The minimum Gasteiger partial charge on any atom is -0.361 e. The molecule has 0 spiro atoms. The van der Waals surface area contributed by atoms with Gasteiger partial charge in [0.15, 0.2) is 0 Å². The number of nitrogens with zero attached hydrogens (tertiary/aromatic N) is 2. The number of carbonyl (C=O) groups excluding carboxylic acids is 1. The molecule has 4 heteroatoms. The summed E-state index contributed by atoms with van der Waals surface area (Å²) < 4.78 is 5.20. The molecule has 1 heterocycles. The van der Waals surface area contributed by atoms with E-state index in [1.165, 1.54) is 18.4 Å². The third kappa shape index (κ3) is 3.86. The smallest absolute Gasteiger partial charge is 0.223 e. The molecular formula is C20H26N2O2. The molecule has 0 aliphatic heterocycles. The lowest BCUT2D eigenvalue weighted by Gasteiger charge is -2.30. The Kier molecular flexibility index (Phi) is 5.03. The lowest BCUT2D eigenvalue weighted by Crippen LogP contribution is -2.39. The lowest BCUT2D eigenvalue weighted by atomic mass is 10.1. The maximum absolute atomic E-state index is 12.9. The second-order valence-corrected chi connectivity index (χ2v) is 6.89. The molecule has 1 amide bonds. The van der Waals surface area contributed by atoms with Gasteiger partial charge in [0.25, 0.3) is 0 Å². The topological polar surface area (TPSA) is 46.3 Å². The average Bonchev–Trinajstić information content (AvgIpc) is 3.38. The van der Waals surface area contributed by atoms with Gasteiger partial charge in [-0.3, -0.25) is 4.79 Å². The number of amides is 1. The molecule has 2 aromatic rings. The summed E-state index contributed by atoms with van der Waals surface area (Å²) >= 11 is 0. The predicted molar refractivity (Wildman–Crippen MR) is 93.5 cm³/mol. The highest BCUT2D eigenvalue weighted by Crippen LogP contribution is 2.36. The van der Waals surface area contributed by atoms with Crippen LogP contribution in [-0.4, -0.2) is 22.0 Å². The summed E-state index contributed by atoms with van der Waals surface area (Å²) in [6, 6.07) is 10.6. The molecule has 0 bridgehead atoms. The number of hydrogen-bond donors (Lipinski definition) is 0. The van der Waals surface area contributed by atoms with Gasteiger partial charge in [-0.2, -0.15) is 0 Å². The van der Waals surface area contributed by atoms with Crippen LogP contribution < -0.4 is 0 Å². The van der Waals surface area contributed by atoms with Crippen LogP contribution in [0.25, 0.3) is 0 Å². The van der Waals surface area contributed by atoms with Gasteiger partial charge in [-0.1, -0.05) is 35.5 Å². The van der Waals surface area contributed by atoms with Gasteiger partial charge in [-0.05, 0) is 51.5 Å². The first-order chi connectivity index (χ1) is 11.6. The van der Waals surface area contributed by atoms with Crippen molar-refractivity contribution in [3.8, 4) is 0 Å². The first-order valence-electron chi connectivity index (χ1n) is 8.81. The summed E-state index contributed by atoms with van der Waals surface area (Å²) in [5.41, 5.74) is 3.16. The third-order valence-electron chi connectivity index (χ3n) is 5.08. The fourth-order valence-electron chi connectivity index (χ4n) is 3.31. The van der Waals surface area contributed by atoms with E-state index >= 15 is 0 Å². The Bertz CT molecular complexity index is 669. The van der Waals surface area contributed by atoms with Crippen molar-refractivity contribution in [2.75, 3.05) is 0 Å². The van der Waals surface area contributed by atoms with Crippen molar-refractivity contribution >= 4 is 5.91 Å². The van der Waals surface area contributed by atoms with E-state index in [1.54, 1.807) is 0 Å². The predicted octanol–water partition coefficient (Wildman–Crippen LogP) is 4.05. The summed E-state index contributed by atoms with van der Waals surface area (Å²) in [7, 11) is 0. The Hall–Kier alpha value is -2.10. The minimum absolute atomic E-state index is 0.221. The van der Waals surface area contributed by atoms with Gasteiger partial charge in [0.05, 0.1) is 5.69 Å². The summed E-state index contributed by atoms with van der Waals surface area (Å²) in [4.78, 5) is 15.0. The molecule has 0 N–H and O–H groups in total. The first-order valence-corrected chi connectivity index (χ1v) is 8.81. The van der Waals surface area contributed by atoms with Crippen LogP contribution in [0.2, 0.25) is 0 Å². The van der Waals surface area contributed by atoms with Gasteiger partial charge < -0.3 is 9.42 Å². The molecule has 4 nitrogen and oxygen atoms in total. The molecule has 1 unspecified atom stereocenters. The molecule has 3 rings (SSSR count). The van der Waals surface area contributed by atoms with Gasteiger partial charge in [0.2, 0.25) is 5.91 Å². The highest BCUT2D eigenvalue weighted by molar-refractivity contribution is 5.77. The fraction of sp³-hybridized carbons (Fsp3) is 0.500. The molecule has 1 fully saturated rings. The van der Waals surface area contributed by atoms with Crippen LogP contribution in [0.15, 0.2) is 34.9 Å². The van der Waals surface area contributed by atoms with Crippen molar-refractivity contribution in [2.45, 2.75) is 59.0 Å². The molecule has 24 heavy (non-hydrogen) atoms. The molecule has 0 radical (unpaired) electrons. The van der Waals surface area contributed by atoms with Crippen LogP contribution >= 0.6 is 0 Å². The Labute approximate surface area is 143 Å². The third-order valence-corrected chi connectivity index (χ3v) is 5.08. The van der Waals surface area contributed by atoms with Crippen molar-refractivity contribution in [2.24, 2.45) is 5.92 Å². The monoisotopic (exact) mass is 326 g/mol. The lowest BCUT2D eigenvalue weighted by molar-refractivity contribution is -0.134. The van der Waals surface area contributed by atoms with Crippen LogP contribution in [0.4, 0.5) is 0 Å². The zero-order chi connectivity index (χ0) is 17.1. The maximum atomic E-state index is 12.9. The zero-order valence-electron chi connectivity index (χ0n) is 14.8. The first kappa shape index (κ1) is 16.7. The largest absolute Gasteiger partial charge is 0.361 e. The summed E-state index contributed by atoms with van der Waals surface area (Å²) in [6.45, 7) is 6.73. The number of benzene rings is 1. The maximum Gasteiger partial charge on any atom is 0.223 e. The number of rotatable bonds is 7. The average molecular weight is 326 g/mol. The van der Waals surface area contributed by atoms with E-state index in [0.717, 1.165) is 17.0 Å². The van der Waals surface area contributed by atoms with E-state index in [-0.39, 0.29) is 5.91 Å². The second kappa shape index (κ2) is 7.20. The quantitative estimate of drug-likeness (QED) is 0.771. The molecule has 1 saturated carbocycles. The van der Waals surface area contributed by atoms with Gasteiger partial charge in [-0.15, -0.1) is 0 Å². The summed E-state index contributed by atoms with van der Waals surface area (Å²) in [5.74, 6) is 1.71. The Morgan fingerprint density at radius 3 is 2.58 bits per heavy atom. The number of carbonyl (C=O) groups is 1. The number of aryl methyl sites for hydroxylation is 2. The van der Waals surface area contributed by atoms with Gasteiger partial charge in [-0.25, -0.2) is 0 Å². The van der Waals surface area contributed by atoms with Crippen LogP contribution in [0, 0.1) is 19.8 Å². The van der Waals surface area contributed by atoms with Crippen LogP contribution in [0.3, 0.4) is 0 Å².